The van der Waals surface area contributed by atoms with E-state index in [-0.39, 0.29) is 24.0 Å². The maximum Gasteiger partial charge on any atom is 0.263 e. The lowest BCUT2D eigenvalue weighted by molar-refractivity contribution is 0.151. The summed E-state index contributed by atoms with van der Waals surface area (Å²) in [6.07, 6.45) is -2.51. The van der Waals surface area contributed by atoms with E-state index in [1.54, 1.807) is 24.3 Å². The van der Waals surface area contributed by atoms with Crippen molar-refractivity contribution < 1.29 is 13.2 Å². The van der Waals surface area contributed by atoms with Crippen LogP contribution in [0.25, 0.3) is 0 Å². The van der Waals surface area contributed by atoms with Crippen LogP contribution < -0.4 is 11.1 Å². The summed E-state index contributed by atoms with van der Waals surface area (Å²) in [5, 5.41) is 3.10. The summed E-state index contributed by atoms with van der Waals surface area (Å²) in [4.78, 5) is 0. The molecule has 2 aromatic rings. The van der Waals surface area contributed by atoms with Crippen molar-refractivity contribution in [2.75, 3.05) is 11.9 Å². The molecule has 0 fully saturated rings. The molecule has 0 saturated carbocycles. The van der Waals surface area contributed by atoms with Crippen LogP contribution in [-0.2, 0) is 0 Å². The second kappa shape index (κ2) is 6.43. The number of rotatable bonds is 5. The number of halogens is 3. The molecule has 0 bridgehead atoms. The SMILES string of the molecule is NCC(Nc1ccc(F)cc1)c1cccc(C(F)F)c1. The number of nitrogens with one attached hydrogen (secondary N) is 1. The minimum Gasteiger partial charge on any atom is -0.377 e. The van der Waals surface area contributed by atoms with Crippen molar-refractivity contribution in [3.63, 3.8) is 0 Å². The third-order valence-corrected chi connectivity index (χ3v) is 2.99. The fourth-order valence-corrected chi connectivity index (χ4v) is 1.94. The van der Waals surface area contributed by atoms with Crippen LogP contribution in [0, 0.1) is 5.82 Å². The highest BCUT2D eigenvalue weighted by atomic mass is 19.3. The molecule has 0 aliphatic carbocycles. The molecule has 2 nitrogen and oxygen atoms in total. The fourth-order valence-electron chi connectivity index (χ4n) is 1.94. The van der Waals surface area contributed by atoms with Gasteiger partial charge in [-0.15, -0.1) is 0 Å². The number of nitrogens with two attached hydrogens (primary N) is 1. The van der Waals surface area contributed by atoms with Gasteiger partial charge in [0.15, 0.2) is 0 Å². The molecule has 0 aliphatic rings. The maximum absolute atomic E-state index is 12.8. The molecule has 0 amide bonds. The zero-order valence-electron chi connectivity index (χ0n) is 10.7. The quantitative estimate of drug-likeness (QED) is 0.872. The van der Waals surface area contributed by atoms with Gasteiger partial charge in [-0.25, -0.2) is 13.2 Å². The van der Waals surface area contributed by atoms with Gasteiger partial charge in [-0.05, 0) is 35.9 Å². The Morgan fingerprint density at radius 1 is 1.00 bits per heavy atom. The standard InChI is InChI=1S/C15H15F3N2/c16-12-4-6-13(7-5-12)20-14(9-19)10-2-1-3-11(8-10)15(17)18/h1-8,14-15,20H,9,19H2. The summed E-state index contributed by atoms with van der Waals surface area (Å²) in [6, 6.07) is 11.6. The summed E-state index contributed by atoms with van der Waals surface area (Å²) in [5.74, 6) is -0.334. The van der Waals surface area contributed by atoms with E-state index in [0.717, 1.165) is 0 Å². The van der Waals surface area contributed by atoms with Crippen LogP contribution in [0.4, 0.5) is 18.9 Å². The van der Waals surface area contributed by atoms with E-state index in [1.165, 1.54) is 24.3 Å². The Hall–Kier alpha value is -2.01. The van der Waals surface area contributed by atoms with E-state index in [2.05, 4.69) is 5.32 Å². The molecule has 0 aliphatic heterocycles. The highest BCUT2D eigenvalue weighted by Gasteiger charge is 2.13. The van der Waals surface area contributed by atoms with Crippen molar-refractivity contribution in [3.05, 3.63) is 65.5 Å². The lowest BCUT2D eigenvalue weighted by atomic mass is 10.0. The Kier molecular flexibility index (Phi) is 4.63. The van der Waals surface area contributed by atoms with Crippen LogP contribution in [0.3, 0.4) is 0 Å². The Balaban J connectivity index is 2.19. The van der Waals surface area contributed by atoms with Crippen LogP contribution in [0.2, 0.25) is 0 Å². The van der Waals surface area contributed by atoms with E-state index in [4.69, 9.17) is 5.73 Å². The van der Waals surface area contributed by atoms with Crippen LogP contribution in [-0.4, -0.2) is 6.54 Å². The third kappa shape index (κ3) is 3.51. The predicted octanol–water partition coefficient (Wildman–Crippen LogP) is 3.88. The molecule has 0 radical (unpaired) electrons. The Morgan fingerprint density at radius 3 is 2.25 bits per heavy atom. The Bertz CT molecular complexity index is 555. The van der Waals surface area contributed by atoms with Crippen LogP contribution >= 0.6 is 0 Å². The first-order valence-corrected chi connectivity index (χ1v) is 6.20. The predicted molar refractivity (Wildman–Crippen MR) is 73.2 cm³/mol. The molecule has 5 heteroatoms. The summed E-state index contributed by atoms with van der Waals surface area (Å²) >= 11 is 0. The van der Waals surface area contributed by atoms with E-state index in [1.807, 2.05) is 0 Å². The maximum atomic E-state index is 12.8. The molecule has 2 rings (SSSR count). The van der Waals surface area contributed by atoms with Crippen molar-refractivity contribution in [2.45, 2.75) is 12.5 Å². The largest absolute Gasteiger partial charge is 0.377 e. The highest BCUT2D eigenvalue weighted by molar-refractivity contribution is 5.46. The van der Waals surface area contributed by atoms with Gasteiger partial charge in [0, 0.05) is 17.8 Å². The van der Waals surface area contributed by atoms with Crippen molar-refractivity contribution in [3.8, 4) is 0 Å². The van der Waals surface area contributed by atoms with Crippen LogP contribution in [0.15, 0.2) is 48.5 Å². The lowest BCUT2D eigenvalue weighted by Gasteiger charge is -2.19. The Labute approximate surface area is 115 Å². The third-order valence-electron chi connectivity index (χ3n) is 2.99. The van der Waals surface area contributed by atoms with Gasteiger partial charge in [0.2, 0.25) is 0 Å². The zero-order valence-corrected chi connectivity index (χ0v) is 10.7. The van der Waals surface area contributed by atoms with Gasteiger partial charge >= 0.3 is 0 Å². The van der Waals surface area contributed by atoms with E-state index < -0.39 is 6.43 Å². The second-order valence-electron chi connectivity index (χ2n) is 4.41. The molecule has 3 N–H and O–H groups in total. The van der Waals surface area contributed by atoms with Crippen LogP contribution in [0.1, 0.15) is 23.6 Å². The Morgan fingerprint density at radius 2 is 1.65 bits per heavy atom. The second-order valence-corrected chi connectivity index (χ2v) is 4.41. The zero-order chi connectivity index (χ0) is 14.5. The van der Waals surface area contributed by atoms with Gasteiger partial charge < -0.3 is 11.1 Å². The van der Waals surface area contributed by atoms with Gasteiger partial charge in [-0.2, -0.15) is 0 Å². The number of hydrogen-bond donors (Lipinski definition) is 2. The van der Waals surface area contributed by atoms with Crippen molar-refractivity contribution in [1.29, 1.82) is 0 Å². The average molecular weight is 280 g/mol. The summed E-state index contributed by atoms with van der Waals surface area (Å²) in [5.41, 5.74) is 7.00. The smallest absolute Gasteiger partial charge is 0.263 e. The van der Waals surface area contributed by atoms with Gasteiger partial charge in [-0.1, -0.05) is 18.2 Å². The molecule has 0 aromatic heterocycles. The van der Waals surface area contributed by atoms with Crippen LogP contribution in [0.5, 0.6) is 0 Å². The summed E-state index contributed by atoms with van der Waals surface area (Å²) < 4.78 is 38.2. The molecule has 20 heavy (non-hydrogen) atoms. The normalized spacial score (nSPS) is 12.4. The highest BCUT2D eigenvalue weighted by Crippen LogP contribution is 2.24. The average Bonchev–Trinajstić information content (AvgIpc) is 2.46. The van der Waals surface area contributed by atoms with Gasteiger partial charge in [0.25, 0.3) is 6.43 Å². The molecule has 106 valence electrons. The van der Waals surface area contributed by atoms with Gasteiger partial charge in [0.1, 0.15) is 5.82 Å². The van der Waals surface area contributed by atoms with E-state index in [9.17, 15) is 13.2 Å². The summed E-state index contributed by atoms with van der Waals surface area (Å²) in [6.45, 7) is 0.240. The molecular formula is C15H15F3N2. The topological polar surface area (TPSA) is 38.0 Å². The monoisotopic (exact) mass is 280 g/mol. The fraction of sp³-hybridized carbons (Fsp3) is 0.200. The summed E-state index contributed by atoms with van der Waals surface area (Å²) in [7, 11) is 0. The molecule has 0 heterocycles. The van der Waals surface area contributed by atoms with Crippen molar-refractivity contribution in [2.24, 2.45) is 5.73 Å². The van der Waals surface area contributed by atoms with Gasteiger partial charge in [-0.3, -0.25) is 0 Å². The molecular weight excluding hydrogens is 265 g/mol. The lowest BCUT2D eigenvalue weighted by Crippen LogP contribution is -2.20. The molecule has 1 unspecified atom stereocenters. The number of benzene rings is 2. The minimum atomic E-state index is -2.51. The molecule has 0 spiro atoms. The minimum absolute atomic E-state index is 0.0399. The van der Waals surface area contributed by atoms with Crippen molar-refractivity contribution >= 4 is 5.69 Å². The molecule has 0 saturated heterocycles. The first-order valence-electron chi connectivity index (χ1n) is 6.20. The first-order chi connectivity index (χ1) is 9.60. The molecule has 2 aromatic carbocycles. The van der Waals surface area contributed by atoms with E-state index in [0.29, 0.717) is 11.3 Å². The van der Waals surface area contributed by atoms with E-state index >= 15 is 0 Å². The number of anilines is 1. The number of alkyl halides is 2. The van der Waals surface area contributed by atoms with Gasteiger partial charge in [0.05, 0.1) is 6.04 Å². The first kappa shape index (κ1) is 14.4. The molecule has 1 atom stereocenters. The number of hydrogen-bond acceptors (Lipinski definition) is 2. The van der Waals surface area contributed by atoms with Crippen molar-refractivity contribution in [1.82, 2.24) is 0 Å².